The summed E-state index contributed by atoms with van der Waals surface area (Å²) in [6.45, 7) is 0.833. The van der Waals surface area contributed by atoms with Crippen LogP contribution in [-0.4, -0.2) is 55.5 Å². The number of aliphatic hydroxyl groups is 1. The van der Waals surface area contributed by atoms with Crippen LogP contribution in [0.3, 0.4) is 0 Å². The second-order valence-corrected chi connectivity index (χ2v) is 7.26. The van der Waals surface area contributed by atoms with E-state index in [1.165, 1.54) is 0 Å². The number of likely N-dealkylation sites (tertiary alicyclic amines) is 1. The van der Waals surface area contributed by atoms with E-state index in [0.717, 1.165) is 22.1 Å². The number of nitrogens with zero attached hydrogens (tertiary/aromatic N) is 4. The maximum atomic E-state index is 12.9. The summed E-state index contributed by atoms with van der Waals surface area (Å²) < 4.78 is 0. The minimum Gasteiger partial charge on any atom is -0.391 e. The lowest BCUT2D eigenvalue weighted by atomic mass is 9.99. The second kappa shape index (κ2) is 6.69. The molecule has 140 valence electrons. The van der Waals surface area contributed by atoms with Crippen LogP contribution in [0.4, 0.5) is 0 Å². The highest BCUT2D eigenvalue weighted by atomic mass is 16.3. The lowest BCUT2D eigenvalue weighted by Gasteiger charge is -2.16. The van der Waals surface area contributed by atoms with Gasteiger partial charge in [0.15, 0.2) is 0 Å². The lowest BCUT2D eigenvalue weighted by molar-refractivity contribution is 0.0765. The lowest BCUT2D eigenvalue weighted by Crippen LogP contribution is -2.29. The van der Waals surface area contributed by atoms with Crippen molar-refractivity contribution >= 4 is 27.8 Å². The summed E-state index contributed by atoms with van der Waals surface area (Å²) in [5, 5.41) is 22.2. The number of aromatic amines is 1. The SMILES string of the molecule is O=C(c1ccc2n[nH]nc2c1)N1C[C@@H](Cc2ccc3ccccc3n2)[C@H](O)C1. The molecule has 1 fully saturated rings. The first-order valence-electron chi connectivity index (χ1n) is 9.30. The summed E-state index contributed by atoms with van der Waals surface area (Å²) in [6.07, 6.45) is 0.0750. The highest BCUT2D eigenvalue weighted by molar-refractivity contribution is 5.97. The third kappa shape index (κ3) is 2.99. The number of rotatable bonds is 3. The van der Waals surface area contributed by atoms with E-state index >= 15 is 0 Å². The topological polar surface area (TPSA) is 95.0 Å². The summed E-state index contributed by atoms with van der Waals surface area (Å²) in [4.78, 5) is 19.3. The fraction of sp³-hybridized carbons (Fsp3) is 0.238. The van der Waals surface area contributed by atoms with Crippen LogP contribution < -0.4 is 0 Å². The number of pyridine rings is 1. The fourth-order valence-corrected chi connectivity index (χ4v) is 3.87. The van der Waals surface area contributed by atoms with E-state index in [1.807, 2.05) is 30.3 Å². The first-order chi connectivity index (χ1) is 13.7. The Morgan fingerprint density at radius 2 is 1.89 bits per heavy atom. The quantitative estimate of drug-likeness (QED) is 0.574. The maximum Gasteiger partial charge on any atom is 0.254 e. The summed E-state index contributed by atoms with van der Waals surface area (Å²) in [7, 11) is 0. The van der Waals surface area contributed by atoms with Gasteiger partial charge in [0.1, 0.15) is 11.0 Å². The van der Waals surface area contributed by atoms with Crippen molar-refractivity contribution in [2.45, 2.75) is 12.5 Å². The van der Waals surface area contributed by atoms with Gasteiger partial charge in [-0.15, -0.1) is 0 Å². The molecule has 7 heteroatoms. The number of carbonyl (C=O) groups excluding carboxylic acids is 1. The summed E-state index contributed by atoms with van der Waals surface area (Å²) >= 11 is 0. The number of fused-ring (bicyclic) bond motifs is 2. The predicted octanol–water partition coefficient (Wildman–Crippen LogP) is 2.18. The molecule has 2 aromatic heterocycles. The van der Waals surface area contributed by atoms with Crippen LogP contribution in [0, 0.1) is 5.92 Å². The predicted molar refractivity (Wildman–Crippen MR) is 105 cm³/mol. The van der Waals surface area contributed by atoms with Gasteiger partial charge in [0.2, 0.25) is 0 Å². The Morgan fingerprint density at radius 1 is 1.04 bits per heavy atom. The first kappa shape index (κ1) is 16.8. The van der Waals surface area contributed by atoms with Crippen molar-refractivity contribution in [1.29, 1.82) is 0 Å². The Balaban J connectivity index is 1.33. The van der Waals surface area contributed by atoms with Crippen LogP contribution in [0.1, 0.15) is 16.1 Å². The van der Waals surface area contributed by atoms with Crippen molar-refractivity contribution in [3.05, 3.63) is 65.9 Å². The molecule has 1 aliphatic rings. The van der Waals surface area contributed by atoms with Crippen molar-refractivity contribution in [3.63, 3.8) is 0 Å². The number of hydrogen-bond acceptors (Lipinski definition) is 5. The van der Waals surface area contributed by atoms with Crippen LogP contribution in [0.2, 0.25) is 0 Å². The molecule has 2 atom stereocenters. The van der Waals surface area contributed by atoms with E-state index < -0.39 is 6.10 Å². The number of nitrogens with one attached hydrogen (secondary N) is 1. The molecule has 0 bridgehead atoms. The minimum absolute atomic E-state index is 0.0339. The molecule has 7 nitrogen and oxygen atoms in total. The van der Waals surface area contributed by atoms with E-state index in [1.54, 1.807) is 23.1 Å². The van der Waals surface area contributed by atoms with Crippen LogP contribution in [0.5, 0.6) is 0 Å². The number of β-amino-alcohol motifs (C(OH)–C–C–N with tert-alkyl or cyclic N) is 1. The van der Waals surface area contributed by atoms with Gasteiger partial charge in [0.25, 0.3) is 5.91 Å². The van der Waals surface area contributed by atoms with Gasteiger partial charge >= 0.3 is 0 Å². The fourth-order valence-electron chi connectivity index (χ4n) is 3.87. The number of aliphatic hydroxyl groups excluding tert-OH is 1. The molecule has 28 heavy (non-hydrogen) atoms. The van der Waals surface area contributed by atoms with E-state index in [-0.39, 0.29) is 11.8 Å². The average Bonchev–Trinajstić information content (AvgIpc) is 3.33. The van der Waals surface area contributed by atoms with Gasteiger partial charge in [-0.2, -0.15) is 15.4 Å². The zero-order chi connectivity index (χ0) is 19.1. The molecule has 0 radical (unpaired) electrons. The molecule has 0 saturated carbocycles. The third-order valence-corrected chi connectivity index (χ3v) is 5.38. The molecule has 1 amide bonds. The zero-order valence-corrected chi connectivity index (χ0v) is 15.1. The summed E-state index contributed by atoms with van der Waals surface area (Å²) in [5.74, 6) is -0.133. The highest BCUT2D eigenvalue weighted by Gasteiger charge is 2.34. The second-order valence-electron chi connectivity index (χ2n) is 7.26. The number of amides is 1. The van der Waals surface area contributed by atoms with Gasteiger partial charge in [-0.1, -0.05) is 24.3 Å². The Hall–Kier alpha value is -3.32. The standard InChI is InChI=1S/C21H19N5O2/c27-20-12-26(21(28)14-6-8-18-19(10-14)24-25-23-18)11-15(20)9-16-7-5-13-3-1-2-4-17(13)22-16/h1-8,10,15,20,27H,9,11-12H2,(H,23,24,25)/t15-,20-/m1/s1. The smallest absolute Gasteiger partial charge is 0.254 e. The van der Waals surface area contributed by atoms with Crippen LogP contribution in [-0.2, 0) is 6.42 Å². The number of H-pyrrole nitrogens is 1. The summed E-state index contributed by atoms with van der Waals surface area (Å²) in [5.41, 5.74) is 3.81. The molecule has 2 N–H and O–H groups in total. The monoisotopic (exact) mass is 373 g/mol. The summed E-state index contributed by atoms with van der Waals surface area (Å²) in [6, 6.07) is 17.3. The van der Waals surface area contributed by atoms with E-state index in [9.17, 15) is 9.90 Å². The van der Waals surface area contributed by atoms with Crippen molar-refractivity contribution in [1.82, 2.24) is 25.3 Å². The Bertz CT molecular complexity index is 1170. The minimum atomic E-state index is -0.562. The van der Waals surface area contributed by atoms with E-state index in [4.69, 9.17) is 4.98 Å². The van der Waals surface area contributed by atoms with Crippen molar-refractivity contribution in [2.75, 3.05) is 13.1 Å². The molecular weight excluding hydrogens is 354 g/mol. The van der Waals surface area contributed by atoms with Crippen molar-refractivity contribution in [2.24, 2.45) is 5.92 Å². The average molecular weight is 373 g/mol. The molecule has 5 rings (SSSR count). The van der Waals surface area contributed by atoms with Crippen LogP contribution in [0.15, 0.2) is 54.6 Å². The van der Waals surface area contributed by atoms with Crippen LogP contribution >= 0.6 is 0 Å². The van der Waals surface area contributed by atoms with Gasteiger partial charge < -0.3 is 10.0 Å². The molecule has 4 aromatic rings. The number of carbonyl (C=O) groups is 1. The third-order valence-electron chi connectivity index (χ3n) is 5.38. The highest BCUT2D eigenvalue weighted by Crippen LogP contribution is 2.24. The molecule has 2 aromatic carbocycles. The number of benzene rings is 2. The molecule has 1 saturated heterocycles. The Morgan fingerprint density at radius 3 is 2.82 bits per heavy atom. The van der Waals surface area contributed by atoms with Crippen LogP contribution in [0.25, 0.3) is 21.9 Å². The molecule has 1 aliphatic heterocycles. The molecular formula is C21H19N5O2. The molecule has 3 heterocycles. The largest absolute Gasteiger partial charge is 0.391 e. The molecule has 0 aliphatic carbocycles. The van der Waals surface area contributed by atoms with Gasteiger partial charge in [0, 0.05) is 35.7 Å². The number of aromatic nitrogens is 4. The van der Waals surface area contributed by atoms with Gasteiger partial charge in [-0.05, 0) is 36.8 Å². The zero-order valence-electron chi connectivity index (χ0n) is 15.1. The molecule has 0 unspecified atom stereocenters. The van der Waals surface area contributed by atoms with E-state index in [0.29, 0.717) is 30.6 Å². The van der Waals surface area contributed by atoms with Crippen molar-refractivity contribution in [3.8, 4) is 0 Å². The first-order valence-corrected chi connectivity index (χ1v) is 9.30. The van der Waals surface area contributed by atoms with Gasteiger partial charge in [-0.25, -0.2) is 0 Å². The Kier molecular flexibility index (Phi) is 4.02. The number of hydrogen-bond donors (Lipinski definition) is 2. The number of para-hydroxylation sites is 1. The Labute approximate surface area is 161 Å². The van der Waals surface area contributed by atoms with Gasteiger partial charge in [0.05, 0.1) is 11.6 Å². The maximum absolute atomic E-state index is 12.9. The molecule has 0 spiro atoms. The van der Waals surface area contributed by atoms with Crippen molar-refractivity contribution < 1.29 is 9.90 Å². The normalized spacial score (nSPS) is 19.5. The van der Waals surface area contributed by atoms with Gasteiger partial charge in [-0.3, -0.25) is 9.78 Å². The van der Waals surface area contributed by atoms with E-state index in [2.05, 4.69) is 21.5 Å².